The highest BCUT2D eigenvalue weighted by Gasteiger charge is 2.09. The summed E-state index contributed by atoms with van der Waals surface area (Å²) < 4.78 is 0.833. The molecule has 0 spiro atoms. The number of halogens is 2. The van der Waals surface area contributed by atoms with Gasteiger partial charge in [0.05, 0.1) is 5.02 Å². The fourth-order valence-corrected chi connectivity index (χ4v) is 2.19. The molecule has 0 aliphatic rings. The molecule has 1 heterocycles. The molecule has 94 valence electrons. The summed E-state index contributed by atoms with van der Waals surface area (Å²) >= 11 is 9.35. The van der Waals surface area contributed by atoms with Crippen molar-refractivity contribution < 1.29 is 0 Å². The number of hydrogen-bond acceptors (Lipinski definition) is 3. The Bertz CT molecular complexity index is 584. The van der Waals surface area contributed by atoms with Crippen molar-refractivity contribution in [2.75, 3.05) is 0 Å². The van der Waals surface area contributed by atoms with Gasteiger partial charge in [0.25, 0.3) is 0 Å². The summed E-state index contributed by atoms with van der Waals surface area (Å²) in [6, 6.07) is 5.56. The molecule has 0 amide bonds. The molecule has 2 rings (SSSR count). The van der Waals surface area contributed by atoms with Crippen molar-refractivity contribution in [2.45, 2.75) is 19.9 Å². The van der Waals surface area contributed by atoms with E-state index in [2.05, 4.69) is 25.9 Å². The van der Waals surface area contributed by atoms with E-state index in [4.69, 9.17) is 17.3 Å². The van der Waals surface area contributed by atoms with Gasteiger partial charge >= 0.3 is 0 Å². The zero-order valence-corrected chi connectivity index (χ0v) is 12.5. The van der Waals surface area contributed by atoms with Gasteiger partial charge in [0, 0.05) is 33.5 Å². The predicted molar refractivity (Wildman–Crippen MR) is 77.5 cm³/mol. The van der Waals surface area contributed by atoms with E-state index in [0.29, 0.717) is 10.8 Å². The standard InChI is InChI=1S/C13H13BrClN3/c1-7(16)10-6-17-13(18-8(10)2)9-3-4-12(15)11(14)5-9/h3-7H,16H2,1-2H3/t7-/m1/s1. The minimum Gasteiger partial charge on any atom is -0.324 e. The Hall–Kier alpha value is -0.970. The molecule has 0 bridgehead atoms. The minimum atomic E-state index is -0.0593. The van der Waals surface area contributed by atoms with Crippen LogP contribution in [-0.2, 0) is 0 Å². The lowest BCUT2D eigenvalue weighted by atomic mass is 10.1. The second-order valence-corrected chi connectivity index (χ2v) is 5.41. The molecule has 0 saturated heterocycles. The van der Waals surface area contributed by atoms with Crippen molar-refractivity contribution in [1.82, 2.24) is 9.97 Å². The Balaban J connectivity index is 2.45. The van der Waals surface area contributed by atoms with Crippen LogP contribution in [0.25, 0.3) is 11.4 Å². The molecule has 5 heteroatoms. The number of nitrogens with zero attached hydrogens (tertiary/aromatic N) is 2. The number of benzene rings is 1. The van der Waals surface area contributed by atoms with Gasteiger partial charge in [0.15, 0.2) is 5.82 Å². The van der Waals surface area contributed by atoms with Gasteiger partial charge in [0.2, 0.25) is 0 Å². The van der Waals surface area contributed by atoms with Crippen LogP contribution in [0.3, 0.4) is 0 Å². The van der Waals surface area contributed by atoms with E-state index in [0.717, 1.165) is 21.3 Å². The van der Waals surface area contributed by atoms with Crippen LogP contribution in [0, 0.1) is 6.92 Å². The molecule has 0 unspecified atom stereocenters. The van der Waals surface area contributed by atoms with Gasteiger partial charge in [-0.05, 0) is 48.0 Å². The number of aryl methyl sites for hydroxylation is 1. The van der Waals surface area contributed by atoms with Gasteiger partial charge in [-0.1, -0.05) is 11.6 Å². The van der Waals surface area contributed by atoms with Crippen LogP contribution in [0.15, 0.2) is 28.9 Å². The highest BCUT2D eigenvalue weighted by atomic mass is 79.9. The van der Waals surface area contributed by atoms with Crippen molar-refractivity contribution in [2.24, 2.45) is 5.73 Å². The molecule has 3 nitrogen and oxygen atoms in total. The Morgan fingerprint density at radius 3 is 2.67 bits per heavy atom. The number of hydrogen-bond donors (Lipinski definition) is 1. The molecular weight excluding hydrogens is 314 g/mol. The van der Waals surface area contributed by atoms with E-state index in [1.807, 2.05) is 32.0 Å². The average Bonchev–Trinajstić information content (AvgIpc) is 2.32. The Morgan fingerprint density at radius 2 is 2.11 bits per heavy atom. The maximum atomic E-state index is 5.96. The van der Waals surface area contributed by atoms with Crippen molar-refractivity contribution >= 4 is 27.5 Å². The first-order valence-corrected chi connectivity index (χ1v) is 6.70. The molecule has 1 aromatic heterocycles. The predicted octanol–water partition coefficient (Wildman–Crippen LogP) is 3.89. The highest BCUT2D eigenvalue weighted by molar-refractivity contribution is 9.10. The fraction of sp³-hybridized carbons (Fsp3) is 0.231. The van der Waals surface area contributed by atoms with E-state index in [9.17, 15) is 0 Å². The summed E-state index contributed by atoms with van der Waals surface area (Å²) in [4.78, 5) is 8.83. The summed E-state index contributed by atoms with van der Waals surface area (Å²) in [7, 11) is 0. The summed E-state index contributed by atoms with van der Waals surface area (Å²) in [6.07, 6.45) is 1.78. The molecule has 0 aliphatic heterocycles. The number of aromatic nitrogens is 2. The third-order valence-corrected chi connectivity index (χ3v) is 3.90. The quantitative estimate of drug-likeness (QED) is 0.911. The lowest BCUT2D eigenvalue weighted by Gasteiger charge is -2.10. The van der Waals surface area contributed by atoms with Gasteiger partial charge in [-0.25, -0.2) is 9.97 Å². The first-order chi connectivity index (χ1) is 8.49. The molecule has 0 fully saturated rings. The largest absolute Gasteiger partial charge is 0.324 e. The van der Waals surface area contributed by atoms with E-state index >= 15 is 0 Å². The fourth-order valence-electron chi connectivity index (χ4n) is 1.70. The number of nitrogens with two attached hydrogens (primary N) is 1. The summed E-state index contributed by atoms with van der Waals surface area (Å²) in [6.45, 7) is 3.86. The molecule has 2 aromatic rings. The Morgan fingerprint density at radius 1 is 1.39 bits per heavy atom. The lowest BCUT2D eigenvalue weighted by Crippen LogP contribution is -2.09. The highest BCUT2D eigenvalue weighted by Crippen LogP contribution is 2.27. The SMILES string of the molecule is Cc1nc(-c2ccc(Cl)c(Br)c2)ncc1[C@@H](C)N. The molecular formula is C13H13BrClN3. The van der Waals surface area contributed by atoms with Crippen LogP contribution in [0.5, 0.6) is 0 Å². The van der Waals surface area contributed by atoms with Crippen molar-refractivity contribution in [3.05, 3.63) is 45.1 Å². The third kappa shape index (κ3) is 2.71. The zero-order chi connectivity index (χ0) is 13.3. The Labute approximate surface area is 120 Å². The van der Waals surface area contributed by atoms with E-state index in [1.54, 1.807) is 6.20 Å². The van der Waals surface area contributed by atoms with E-state index < -0.39 is 0 Å². The maximum Gasteiger partial charge on any atom is 0.159 e. The third-order valence-electron chi connectivity index (χ3n) is 2.69. The van der Waals surface area contributed by atoms with Crippen LogP contribution in [0.4, 0.5) is 0 Å². The van der Waals surface area contributed by atoms with Gasteiger partial charge in [0.1, 0.15) is 0 Å². The van der Waals surface area contributed by atoms with E-state index in [-0.39, 0.29) is 6.04 Å². The average molecular weight is 327 g/mol. The monoisotopic (exact) mass is 325 g/mol. The smallest absolute Gasteiger partial charge is 0.159 e. The van der Waals surface area contributed by atoms with Gasteiger partial charge in [-0.3, -0.25) is 0 Å². The molecule has 0 radical (unpaired) electrons. The number of rotatable bonds is 2. The normalized spacial score (nSPS) is 12.5. The van der Waals surface area contributed by atoms with Crippen molar-refractivity contribution in [3.63, 3.8) is 0 Å². The summed E-state index contributed by atoms with van der Waals surface area (Å²) in [5.41, 5.74) is 8.63. The molecule has 18 heavy (non-hydrogen) atoms. The van der Waals surface area contributed by atoms with Crippen LogP contribution < -0.4 is 5.73 Å². The summed E-state index contributed by atoms with van der Waals surface area (Å²) in [5, 5.41) is 0.669. The van der Waals surface area contributed by atoms with E-state index in [1.165, 1.54) is 0 Å². The second kappa shape index (κ2) is 5.34. The lowest BCUT2D eigenvalue weighted by molar-refractivity contribution is 0.790. The molecule has 0 aliphatic carbocycles. The first kappa shape index (κ1) is 13.5. The molecule has 1 atom stereocenters. The maximum absolute atomic E-state index is 5.96. The van der Waals surface area contributed by atoms with Crippen LogP contribution in [-0.4, -0.2) is 9.97 Å². The molecule has 2 N–H and O–H groups in total. The summed E-state index contributed by atoms with van der Waals surface area (Å²) in [5.74, 6) is 0.675. The van der Waals surface area contributed by atoms with Gasteiger partial charge in [-0.15, -0.1) is 0 Å². The van der Waals surface area contributed by atoms with Crippen LogP contribution >= 0.6 is 27.5 Å². The topological polar surface area (TPSA) is 51.8 Å². The van der Waals surface area contributed by atoms with Crippen molar-refractivity contribution in [1.29, 1.82) is 0 Å². The molecule has 1 aromatic carbocycles. The van der Waals surface area contributed by atoms with Crippen molar-refractivity contribution in [3.8, 4) is 11.4 Å². The van der Waals surface area contributed by atoms with Gasteiger partial charge < -0.3 is 5.73 Å². The second-order valence-electron chi connectivity index (χ2n) is 4.15. The molecule has 0 saturated carbocycles. The Kier molecular flexibility index (Phi) is 4.00. The van der Waals surface area contributed by atoms with Crippen LogP contribution in [0.1, 0.15) is 24.2 Å². The minimum absolute atomic E-state index is 0.0593. The van der Waals surface area contributed by atoms with Crippen LogP contribution in [0.2, 0.25) is 5.02 Å². The zero-order valence-electron chi connectivity index (χ0n) is 10.1. The van der Waals surface area contributed by atoms with Gasteiger partial charge in [-0.2, -0.15) is 0 Å². The first-order valence-electron chi connectivity index (χ1n) is 5.53.